The molecule has 2 aliphatic carbocycles. The number of rotatable bonds is 6. The van der Waals surface area contributed by atoms with Crippen molar-refractivity contribution >= 4 is 22.9 Å². The Balaban J connectivity index is 1.48. The van der Waals surface area contributed by atoms with E-state index in [1.807, 2.05) is 0 Å². The first kappa shape index (κ1) is 26.1. The summed E-state index contributed by atoms with van der Waals surface area (Å²) in [6.45, 7) is 6.97. The van der Waals surface area contributed by atoms with Crippen LogP contribution in [0.1, 0.15) is 58.2 Å². The largest absolute Gasteiger partial charge is 0.507 e. The maximum atomic E-state index is 14.0. The van der Waals surface area contributed by atoms with Crippen molar-refractivity contribution in [1.82, 2.24) is 5.32 Å². The number of carbonyl (C=O) groups excluding carboxylic acids is 2. The second kappa shape index (κ2) is 9.22. The molecule has 0 spiro atoms. The summed E-state index contributed by atoms with van der Waals surface area (Å²) in [5.41, 5.74) is -1.65. The van der Waals surface area contributed by atoms with Gasteiger partial charge in [-0.25, -0.2) is 0 Å². The molecule has 40 heavy (non-hydrogen) atoms. The molecule has 2 bridgehead atoms. The third kappa shape index (κ3) is 3.53. The topological polar surface area (TPSA) is 143 Å². The van der Waals surface area contributed by atoms with Gasteiger partial charge in [0.2, 0.25) is 0 Å². The van der Waals surface area contributed by atoms with Gasteiger partial charge in [0.15, 0.2) is 28.9 Å². The van der Waals surface area contributed by atoms with Crippen molar-refractivity contribution < 1.29 is 29.6 Å². The number of hydrogen-bond donors (Lipinski definition) is 6. The zero-order valence-corrected chi connectivity index (χ0v) is 22.3. The third-order valence-electron chi connectivity index (χ3n) is 7.97. The Hall–Kier alpha value is -4.12. The van der Waals surface area contributed by atoms with Gasteiger partial charge in [0.1, 0.15) is 11.8 Å². The lowest BCUT2D eigenvalue weighted by molar-refractivity contribution is 0.0867. The number of hydrogen-bond acceptors (Lipinski definition) is 9. The van der Waals surface area contributed by atoms with Crippen LogP contribution < -0.4 is 16.0 Å². The molecular weight excluding hydrogens is 510 g/mol. The molecule has 2 aromatic carbocycles. The highest BCUT2D eigenvalue weighted by Gasteiger charge is 2.82. The van der Waals surface area contributed by atoms with Crippen molar-refractivity contribution in [2.75, 3.05) is 23.7 Å². The Bertz CT molecular complexity index is 1620. The number of phenols is 1. The highest BCUT2D eigenvalue weighted by Crippen LogP contribution is 2.67. The highest BCUT2D eigenvalue weighted by molar-refractivity contribution is 6.31. The molecule has 2 aromatic rings. The fourth-order valence-corrected chi connectivity index (χ4v) is 6.12. The first-order chi connectivity index (χ1) is 19.1. The lowest BCUT2D eigenvalue weighted by Gasteiger charge is -2.37. The summed E-state index contributed by atoms with van der Waals surface area (Å²) in [6, 6.07) is 5.76. The van der Waals surface area contributed by atoms with E-state index < -0.39 is 46.8 Å². The minimum absolute atomic E-state index is 0.0250. The Morgan fingerprint density at radius 3 is 2.48 bits per heavy atom. The average molecular weight is 540 g/mol. The fourth-order valence-electron chi connectivity index (χ4n) is 6.12. The number of epoxide rings is 1. The summed E-state index contributed by atoms with van der Waals surface area (Å²) in [6.07, 6.45) is 0.483. The molecule has 0 unspecified atom stereocenters. The highest BCUT2D eigenvalue weighted by atomic mass is 16.7. The summed E-state index contributed by atoms with van der Waals surface area (Å²) >= 11 is 0. The molecule has 0 aromatic heterocycles. The third-order valence-corrected chi connectivity index (χ3v) is 7.97. The fraction of sp³-hybridized carbons (Fsp3) is 0.355. The number of nitrogens with one attached hydrogen (secondary N) is 3. The molecule has 0 saturated carbocycles. The summed E-state index contributed by atoms with van der Waals surface area (Å²) in [7, 11) is 0. The molecular formula is C31H29N3O6. The van der Waals surface area contributed by atoms with Crippen LogP contribution in [-0.2, 0) is 10.3 Å². The number of fused-ring (bicyclic) bond motifs is 4. The molecule has 4 aliphatic rings. The smallest absolute Gasteiger partial charge is 0.198 e. The molecule has 1 saturated heterocycles. The van der Waals surface area contributed by atoms with Crippen molar-refractivity contribution in [3.05, 3.63) is 64.2 Å². The van der Waals surface area contributed by atoms with E-state index in [2.05, 4.69) is 53.5 Å². The summed E-state index contributed by atoms with van der Waals surface area (Å²) in [4.78, 5) is 27.7. The number of ketones is 2. The minimum atomic E-state index is -1.59. The van der Waals surface area contributed by atoms with Crippen LogP contribution in [0.3, 0.4) is 0 Å². The van der Waals surface area contributed by atoms with Crippen LogP contribution in [0.25, 0.3) is 0 Å². The maximum Gasteiger partial charge on any atom is 0.198 e. The van der Waals surface area contributed by atoms with Gasteiger partial charge in [-0.1, -0.05) is 37.5 Å². The molecule has 0 radical (unpaired) electrons. The van der Waals surface area contributed by atoms with E-state index in [9.17, 15) is 24.9 Å². The monoisotopic (exact) mass is 539 g/mol. The summed E-state index contributed by atoms with van der Waals surface area (Å²) in [5, 5.41) is 43.1. The van der Waals surface area contributed by atoms with Crippen molar-refractivity contribution in [1.29, 1.82) is 0 Å². The van der Waals surface area contributed by atoms with Crippen molar-refractivity contribution in [2.45, 2.75) is 56.3 Å². The maximum absolute atomic E-state index is 14.0. The van der Waals surface area contributed by atoms with Gasteiger partial charge in [0.25, 0.3) is 0 Å². The summed E-state index contributed by atoms with van der Waals surface area (Å²) < 4.78 is 6.19. The normalized spacial score (nSPS) is 28.2. The average Bonchev–Trinajstić information content (AvgIpc) is 3.65. The van der Waals surface area contributed by atoms with Gasteiger partial charge >= 0.3 is 0 Å². The Morgan fingerprint density at radius 2 is 1.75 bits per heavy atom. The van der Waals surface area contributed by atoms with Crippen LogP contribution in [0.4, 0.5) is 11.4 Å². The number of aliphatic hydroxyl groups is 2. The Kier molecular flexibility index (Phi) is 6.02. The zero-order valence-electron chi connectivity index (χ0n) is 22.3. The van der Waals surface area contributed by atoms with Crippen LogP contribution in [0.5, 0.6) is 5.75 Å². The quantitative estimate of drug-likeness (QED) is 0.119. The van der Waals surface area contributed by atoms with E-state index in [-0.39, 0.29) is 33.5 Å². The van der Waals surface area contributed by atoms with Gasteiger partial charge in [-0.15, -0.1) is 0 Å². The molecule has 6 N–H and O–H groups in total. The number of phenolic OH excluding ortho intramolecular Hbond substituents is 1. The molecule has 2 heterocycles. The van der Waals surface area contributed by atoms with Crippen molar-refractivity contribution in [3.8, 4) is 29.4 Å². The van der Waals surface area contributed by atoms with Crippen LogP contribution in [-0.4, -0.2) is 69.9 Å². The molecule has 1 fully saturated rings. The van der Waals surface area contributed by atoms with Crippen molar-refractivity contribution in [2.24, 2.45) is 0 Å². The van der Waals surface area contributed by atoms with E-state index in [4.69, 9.17) is 4.74 Å². The number of benzene rings is 2. The molecule has 9 nitrogen and oxygen atoms in total. The molecule has 2 aliphatic heterocycles. The lowest BCUT2D eigenvalue weighted by Crippen LogP contribution is -2.54. The standard InChI is InChI=1S/C31H29N3O6/c1-16(2)32-12-13-33-18-10-11-19-20(14-18)29(39)25-22(36)15-21-27(26(25)28(19)38)34-23-8-6-4-5-7-9-24(37)31(21)30(23,40-31)17(3)35/h4-5,10-11,14-17,23-24,32-37H,12-13H2,1-3H3/b5-4-/t17-,23+,24-,30+,31+/m1/s1. The molecule has 5 atom stereocenters. The van der Waals surface area contributed by atoms with Crippen LogP contribution >= 0.6 is 0 Å². The van der Waals surface area contributed by atoms with Gasteiger partial charge in [0, 0.05) is 41.5 Å². The van der Waals surface area contributed by atoms with Gasteiger partial charge in [-0.05, 0) is 43.3 Å². The van der Waals surface area contributed by atoms with E-state index in [0.29, 0.717) is 18.3 Å². The van der Waals surface area contributed by atoms with Gasteiger partial charge in [-0.2, -0.15) is 0 Å². The van der Waals surface area contributed by atoms with E-state index in [0.717, 1.165) is 6.54 Å². The van der Waals surface area contributed by atoms with E-state index in [1.54, 1.807) is 18.2 Å². The van der Waals surface area contributed by atoms with Gasteiger partial charge < -0.3 is 36.0 Å². The summed E-state index contributed by atoms with van der Waals surface area (Å²) in [5.74, 6) is 9.94. The zero-order chi connectivity index (χ0) is 28.4. The second-order valence-electron chi connectivity index (χ2n) is 10.7. The number of carbonyl (C=O) groups is 2. The number of aliphatic hydroxyl groups excluding tert-OH is 2. The predicted octanol–water partition coefficient (Wildman–Crippen LogP) is 1.65. The van der Waals surface area contributed by atoms with Crippen LogP contribution in [0.15, 0.2) is 36.4 Å². The van der Waals surface area contributed by atoms with Gasteiger partial charge in [0.05, 0.1) is 22.9 Å². The second-order valence-corrected chi connectivity index (χ2v) is 10.7. The number of anilines is 2. The number of allylic oxidation sites excluding steroid dienone is 2. The first-order valence-corrected chi connectivity index (χ1v) is 13.2. The molecule has 6 rings (SSSR count). The minimum Gasteiger partial charge on any atom is -0.507 e. The van der Waals surface area contributed by atoms with Gasteiger partial charge in [-0.3, -0.25) is 9.59 Å². The Labute approximate surface area is 231 Å². The first-order valence-electron chi connectivity index (χ1n) is 13.2. The van der Waals surface area contributed by atoms with Crippen LogP contribution in [0.2, 0.25) is 0 Å². The van der Waals surface area contributed by atoms with Crippen molar-refractivity contribution in [3.63, 3.8) is 0 Å². The predicted molar refractivity (Wildman–Crippen MR) is 148 cm³/mol. The number of ether oxygens (including phenoxy) is 1. The molecule has 9 heteroatoms. The Morgan fingerprint density at radius 1 is 1.02 bits per heavy atom. The van der Waals surface area contributed by atoms with E-state index in [1.165, 1.54) is 25.1 Å². The van der Waals surface area contributed by atoms with Crippen LogP contribution in [0, 0.1) is 23.7 Å². The number of aromatic hydroxyl groups is 1. The lowest BCUT2D eigenvalue weighted by atomic mass is 9.69. The SMILES string of the molecule is CC(C)NCCNc1ccc2c(c1)C(=O)c1c(O)cc3c(c1C2=O)N[C@H]1C#C/C=C\C#C[C@@H](O)[C@@]32O[C@@]12[C@@H](C)O. The molecule has 0 amide bonds. The van der Waals surface area contributed by atoms with E-state index >= 15 is 0 Å². The molecule has 204 valence electrons.